The van der Waals surface area contributed by atoms with E-state index in [0.29, 0.717) is 71.2 Å². The molecule has 0 spiro atoms. The molecule has 0 unspecified atom stereocenters. The number of anilines is 2. The van der Waals surface area contributed by atoms with Gasteiger partial charge in [0.25, 0.3) is 5.56 Å². The van der Waals surface area contributed by atoms with Crippen molar-refractivity contribution >= 4 is 28.1 Å². The maximum atomic E-state index is 14.6. The van der Waals surface area contributed by atoms with E-state index in [0.717, 1.165) is 31.2 Å². The lowest BCUT2D eigenvalue weighted by Gasteiger charge is -2.50. The number of carbonyl (C=O) groups excluding carboxylic acids is 1. The van der Waals surface area contributed by atoms with Crippen molar-refractivity contribution in [1.82, 2.24) is 25.0 Å². The molecule has 5 aromatic rings. The van der Waals surface area contributed by atoms with Crippen molar-refractivity contribution in [3.05, 3.63) is 105 Å². The number of hydrogen-bond acceptors (Lipinski definition) is 8. The van der Waals surface area contributed by atoms with Crippen LogP contribution in [0, 0.1) is 23.1 Å². The van der Waals surface area contributed by atoms with Gasteiger partial charge in [-0.25, -0.2) is 14.5 Å². The van der Waals surface area contributed by atoms with Crippen LogP contribution in [0.25, 0.3) is 10.8 Å². The summed E-state index contributed by atoms with van der Waals surface area (Å²) in [5, 5.41) is 28.5. The molecule has 53 heavy (non-hydrogen) atoms. The molecule has 11 nitrogen and oxygen atoms in total. The van der Waals surface area contributed by atoms with Crippen LogP contribution in [0.2, 0.25) is 0 Å². The van der Waals surface area contributed by atoms with E-state index >= 15 is 0 Å². The van der Waals surface area contributed by atoms with Crippen LogP contribution in [0.3, 0.4) is 0 Å². The standard InChI is InChI=1S/C41H44FN7O4/c1-41-16-15-28-27-12-10-26(50)18-23(27)7-11-29(28)31(41)13-14-33(41)53-17-3-4-34(51)45-25-8-5-22(6-9-25)37-36(39-43-21-44-49(39)2)38-35-30(40(52)48-47-38)19-24(42)20-32(35)46-37/h5-6,8-10,12,18-21,28-29,31,33,36-37,46,50H,3-4,7,11,13-17H2,1-2H3,(H,45,51)(H,48,52)/t28-,29-,31+,33+,36-,37-,41+/m1/s1. The molecule has 12 heteroatoms. The van der Waals surface area contributed by atoms with Crippen LogP contribution >= 0.6 is 0 Å². The lowest BCUT2D eigenvalue weighted by Crippen LogP contribution is -2.44. The third kappa shape index (κ3) is 5.78. The molecule has 2 fully saturated rings. The first kappa shape index (κ1) is 33.7. The van der Waals surface area contributed by atoms with Crippen LogP contribution in [0.15, 0.2) is 65.7 Å². The molecule has 3 aliphatic carbocycles. The van der Waals surface area contributed by atoms with E-state index in [4.69, 9.17) is 4.74 Å². The second-order valence-electron chi connectivity index (χ2n) is 15.7. The number of aryl methyl sites for hydroxylation is 2. The average Bonchev–Trinajstić information content (AvgIpc) is 3.73. The van der Waals surface area contributed by atoms with E-state index in [1.165, 1.54) is 42.4 Å². The molecule has 3 aromatic carbocycles. The maximum absolute atomic E-state index is 14.6. The van der Waals surface area contributed by atoms with Gasteiger partial charge in [-0.1, -0.05) is 25.1 Å². The number of aromatic amines is 1. The summed E-state index contributed by atoms with van der Waals surface area (Å²) in [7, 11) is 1.80. The Bertz CT molecular complexity index is 2270. The normalized spacial score (nSPS) is 27.1. The van der Waals surface area contributed by atoms with Crippen molar-refractivity contribution in [3.8, 4) is 5.75 Å². The van der Waals surface area contributed by atoms with E-state index in [1.54, 1.807) is 11.7 Å². The molecule has 2 aromatic heterocycles. The number of hydrogen-bond donors (Lipinski definition) is 4. The van der Waals surface area contributed by atoms with Crippen molar-refractivity contribution in [2.24, 2.45) is 24.3 Å². The molecule has 4 N–H and O–H groups in total. The van der Waals surface area contributed by atoms with Crippen molar-refractivity contribution in [3.63, 3.8) is 0 Å². The number of carbonyl (C=O) groups is 1. The Labute approximate surface area is 306 Å². The summed E-state index contributed by atoms with van der Waals surface area (Å²) in [6.45, 7) is 2.99. The number of H-pyrrole nitrogens is 1. The third-order valence-electron chi connectivity index (χ3n) is 12.9. The van der Waals surface area contributed by atoms with Crippen LogP contribution in [0.5, 0.6) is 5.75 Å². The Balaban J connectivity index is 0.825. The van der Waals surface area contributed by atoms with Crippen molar-refractivity contribution in [2.75, 3.05) is 17.2 Å². The van der Waals surface area contributed by atoms with Gasteiger partial charge in [0.15, 0.2) is 0 Å². The highest BCUT2D eigenvalue weighted by molar-refractivity contribution is 5.97. The SMILES string of the molecule is Cn1ncnc1[C@H]1c2n[nH]c(=O)c3cc(F)cc(c23)N[C@@H]1c1ccc(NC(=O)CCCO[C@H]2CC[C@H]3[C@@H]4CCc5cc(O)ccc5[C@H]4CC[C@]23C)cc1. The van der Waals surface area contributed by atoms with Crippen LogP contribution in [-0.2, 0) is 23.0 Å². The van der Waals surface area contributed by atoms with Gasteiger partial charge in [-0.15, -0.1) is 0 Å². The number of aromatic nitrogens is 5. The Hall–Kier alpha value is -5.10. The minimum atomic E-state index is -0.523. The number of amides is 1. The summed E-state index contributed by atoms with van der Waals surface area (Å²) in [6.07, 6.45) is 9.48. The van der Waals surface area contributed by atoms with Gasteiger partial charge in [0, 0.05) is 36.8 Å². The van der Waals surface area contributed by atoms with Crippen molar-refractivity contribution in [2.45, 2.75) is 82.3 Å². The van der Waals surface area contributed by atoms with Gasteiger partial charge in [-0.05, 0) is 121 Å². The van der Waals surface area contributed by atoms with Crippen LogP contribution in [0.1, 0.15) is 98.0 Å². The molecule has 7 atom stereocenters. The fourth-order valence-electron chi connectivity index (χ4n) is 10.4. The average molecular weight is 718 g/mol. The minimum Gasteiger partial charge on any atom is -0.508 e. The zero-order valence-electron chi connectivity index (χ0n) is 29.9. The highest BCUT2D eigenvalue weighted by Crippen LogP contribution is 2.61. The second kappa shape index (κ2) is 13.1. The summed E-state index contributed by atoms with van der Waals surface area (Å²) in [5.41, 5.74) is 5.06. The van der Waals surface area contributed by atoms with E-state index in [9.17, 15) is 19.1 Å². The molecule has 3 heterocycles. The Morgan fingerprint density at radius 3 is 2.77 bits per heavy atom. The first-order valence-corrected chi connectivity index (χ1v) is 18.8. The lowest BCUT2D eigenvalue weighted by atomic mass is 9.55. The summed E-state index contributed by atoms with van der Waals surface area (Å²) >= 11 is 0. The van der Waals surface area contributed by atoms with Crippen molar-refractivity contribution < 1.29 is 19.0 Å². The summed E-state index contributed by atoms with van der Waals surface area (Å²) in [6, 6.07) is 15.7. The molecule has 2 saturated carbocycles. The summed E-state index contributed by atoms with van der Waals surface area (Å²) in [4.78, 5) is 30.1. The van der Waals surface area contributed by atoms with E-state index in [1.807, 2.05) is 36.4 Å². The number of halogens is 1. The molecule has 9 rings (SSSR count). The molecule has 274 valence electrons. The number of fused-ring (bicyclic) bond motifs is 5. The summed E-state index contributed by atoms with van der Waals surface area (Å²) in [5.74, 6) is 1.85. The van der Waals surface area contributed by atoms with Gasteiger partial charge >= 0.3 is 0 Å². The number of aromatic hydroxyl groups is 1. The van der Waals surface area contributed by atoms with Gasteiger partial charge in [-0.2, -0.15) is 10.2 Å². The zero-order chi connectivity index (χ0) is 36.4. The van der Waals surface area contributed by atoms with Gasteiger partial charge in [0.1, 0.15) is 23.7 Å². The zero-order valence-corrected chi connectivity index (χ0v) is 29.9. The lowest BCUT2D eigenvalue weighted by molar-refractivity contribution is -0.117. The van der Waals surface area contributed by atoms with Gasteiger partial charge in [-0.3, -0.25) is 14.3 Å². The monoisotopic (exact) mass is 717 g/mol. The summed E-state index contributed by atoms with van der Waals surface area (Å²) < 4.78 is 22.9. The number of ether oxygens (including phenoxy) is 1. The number of rotatable bonds is 8. The van der Waals surface area contributed by atoms with Gasteiger partial charge < -0.3 is 20.5 Å². The molecular weight excluding hydrogens is 673 g/mol. The van der Waals surface area contributed by atoms with Gasteiger partial charge in [0.05, 0.1) is 29.1 Å². The minimum absolute atomic E-state index is 0.0683. The first-order valence-electron chi connectivity index (χ1n) is 18.8. The maximum Gasteiger partial charge on any atom is 0.272 e. The molecular formula is C41H44FN7O4. The Morgan fingerprint density at radius 2 is 1.96 bits per heavy atom. The van der Waals surface area contributed by atoms with E-state index in [-0.39, 0.29) is 22.8 Å². The quantitative estimate of drug-likeness (QED) is 0.128. The molecule has 0 radical (unpaired) electrons. The van der Waals surface area contributed by atoms with E-state index in [2.05, 4.69) is 43.9 Å². The molecule has 4 aliphatic rings. The fraction of sp³-hybridized carbons (Fsp3) is 0.439. The largest absolute Gasteiger partial charge is 0.508 e. The van der Waals surface area contributed by atoms with Gasteiger partial charge in [0.2, 0.25) is 5.91 Å². The van der Waals surface area contributed by atoms with Crippen LogP contribution in [-0.4, -0.2) is 48.7 Å². The number of phenols is 1. The fourth-order valence-corrected chi connectivity index (χ4v) is 10.4. The predicted octanol–water partition coefficient (Wildman–Crippen LogP) is 6.86. The predicted molar refractivity (Wildman–Crippen MR) is 198 cm³/mol. The first-order chi connectivity index (χ1) is 25.7. The molecule has 0 bridgehead atoms. The Morgan fingerprint density at radius 1 is 1.11 bits per heavy atom. The van der Waals surface area contributed by atoms with Crippen LogP contribution < -0.4 is 16.2 Å². The highest BCUT2D eigenvalue weighted by atomic mass is 19.1. The molecule has 0 saturated heterocycles. The third-order valence-corrected chi connectivity index (χ3v) is 12.9. The topological polar surface area (TPSA) is 147 Å². The van der Waals surface area contributed by atoms with Crippen molar-refractivity contribution in [1.29, 1.82) is 0 Å². The molecule has 1 aliphatic heterocycles. The second-order valence-corrected chi connectivity index (χ2v) is 15.7. The number of phenolic OH excluding ortho intramolecular Hbond substituents is 1. The number of nitrogens with one attached hydrogen (secondary N) is 3. The highest BCUT2D eigenvalue weighted by Gasteiger charge is 2.55. The number of nitrogens with zero attached hydrogens (tertiary/aromatic N) is 4. The van der Waals surface area contributed by atoms with E-state index < -0.39 is 23.3 Å². The molecule has 1 amide bonds. The van der Waals surface area contributed by atoms with Crippen LogP contribution in [0.4, 0.5) is 15.8 Å². The Kier molecular flexibility index (Phi) is 8.32. The number of benzene rings is 3. The smallest absolute Gasteiger partial charge is 0.272 e.